The van der Waals surface area contributed by atoms with Gasteiger partial charge in [0, 0.05) is 31.8 Å². The van der Waals surface area contributed by atoms with E-state index in [2.05, 4.69) is 20.9 Å². The number of amides is 1. The largest absolute Gasteiger partial charge is 0.490 e. The summed E-state index contributed by atoms with van der Waals surface area (Å²) in [6.07, 6.45) is 0.860. The number of hydrogen-bond acceptors (Lipinski definition) is 4. The Morgan fingerprint density at radius 2 is 1.79 bits per heavy atom. The summed E-state index contributed by atoms with van der Waals surface area (Å²) in [5.41, 5.74) is 1.86. The van der Waals surface area contributed by atoms with E-state index in [-0.39, 0.29) is 36.4 Å². The van der Waals surface area contributed by atoms with Crippen molar-refractivity contribution in [2.75, 3.05) is 32.1 Å². The van der Waals surface area contributed by atoms with Crippen LogP contribution in [0.2, 0.25) is 0 Å². The van der Waals surface area contributed by atoms with Crippen LogP contribution in [0.15, 0.2) is 53.5 Å². The van der Waals surface area contributed by atoms with Crippen molar-refractivity contribution in [3.05, 3.63) is 54.1 Å². The SMILES string of the molecule is CN=C(NCC(=O)NCc1ccccc1)Nc1ccc2c(c1)OCCCO2.I. The van der Waals surface area contributed by atoms with E-state index in [4.69, 9.17) is 9.47 Å². The summed E-state index contributed by atoms with van der Waals surface area (Å²) >= 11 is 0. The average molecular weight is 496 g/mol. The number of nitrogens with zero attached hydrogens (tertiary/aromatic N) is 1. The van der Waals surface area contributed by atoms with Crippen LogP contribution in [0, 0.1) is 0 Å². The van der Waals surface area contributed by atoms with E-state index < -0.39 is 0 Å². The number of halogens is 1. The Morgan fingerprint density at radius 1 is 1.04 bits per heavy atom. The summed E-state index contributed by atoms with van der Waals surface area (Å²) in [4.78, 5) is 16.2. The Bertz CT molecular complexity index is 799. The zero-order valence-corrected chi connectivity index (χ0v) is 18.1. The molecule has 0 spiro atoms. The number of anilines is 1. The number of aliphatic imine (C=N–C) groups is 1. The van der Waals surface area contributed by atoms with E-state index in [1.54, 1.807) is 7.05 Å². The maximum absolute atomic E-state index is 12.0. The van der Waals surface area contributed by atoms with Crippen molar-refractivity contribution < 1.29 is 14.3 Å². The Labute approximate surface area is 181 Å². The second kappa shape index (κ2) is 11.4. The molecule has 150 valence electrons. The van der Waals surface area contributed by atoms with Crippen molar-refractivity contribution in [3.8, 4) is 11.5 Å². The fourth-order valence-corrected chi connectivity index (χ4v) is 2.58. The number of benzene rings is 2. The summed E-state index contributed by atoms with van der Waals surface area (Å²) in [5, 5.41) is 9.02. The molecule has 3 rings (SSSR count). The summed E-state index contributed by atoms with van der Waals surface area (Å²) in [5.74, 6) is 1.83. The molecule has 0 aromatic heterocycles. The van der Waals surface area contributed by atoms with Crippen LogP contribution in [0.25, 0.3) is 0 Å². The standard InChI is InChI=1S/C20H24N4O3.HI/c1-21-20(23-14-19(25)22-13-15-6-3-2-4-7-15)24-16-8-9-17-18(12-16)27-11-5-10-26-17;/h2-4,6-9,12H,5,10-11,13-14H2,1H3,(H,22,25)(H2,21,23,24);1H. The van der Waals surface area contributed by atoms with Gasteiger partial charge in [-0.25, -0.2) is 0 Å². The molecule has 0 aliphatic carbocycles. The number of rotatable bonds is 5. The highest BCUT2D eigenvalue weighted by Gasteiger charge is 2.11. The van der Waals surface area contributed by atoms with Crippen LogP contribution in [-0.2, 0) is 11.3 Å². The lowest BCUT2D eigenvalue weighted by Gasteiger charge is -2.14. The summed E-state index contributed by atoms with van der Waals surface area (Å²) in [7, 11) is 1.65. The van der Waals surface area contributed by atoms with E-state index in [0.717, 1.165) is 23.4 Å². The fraction of sp³-hybridized carbons (Fsp3) is 0.300. The van der Waals surface area contributed by atoms with Crippen LogP contribution in [0.1, 0.15) is 12.0 Å². The third-order valence-corrected chi connectivity index (χ3v) is 3.98. The Kier molecular flexibility index (Phi) is 8.86. The van der Waals surface area contributed by atoms with Crippen LogP contribution >= 0.6 is 24.0 Å². The van der Waals surface area contributed by atoms with Crippen molar-refractivity contribution in [3.63, 3.8) is 0 Å². The topological polar surface area (TPSA) is 84.0 Å². The van der Waals surface area contributed by atoms with Crippen molar-refractivity contribution in [2.24, 2.45) is 4.99 Å². The van der Waals surface area contributed by atoms with Gasteiger partial charge in [-0.05, 0) is 17.7 Å². The predicted octanol–water partition coefficient (Wildman–Crippen LogP) is 2.77. The first-order chi connectivity index (χ1) is 13.2. The Morgan fingerprint density at radius 3 is 2.54 bits per heavy atom. The van der Waals surface area contributed by atoms with Gasteiger partial charge in [-0.2, -0.15) is 0 Å². The molecule has 1 aliphatic heterocycles. The molecule has 28 heavy (non-hydrogen) atoms. The summed E-state index contributed by atoms with van der Waals surface area (Å²) in [6, 6.07) is 15.4. The van der Waals surface area contributed by atoms with Crippen molar-refractivity contribution in [2.45, 2.75) is 13.0 Å². The van der Waals surface area contributed by atoms with Gasteiger partial charge in [-0.15, -0.1) is 24.0 Å². The maximum atomic E-state index is 12.0. The van der Waals surface area contributed by atoms with Crippen LogP contribution < -0.4 is 25.4 Å². The summed E-state index contributed by atoms with van der Waals surface area (Å²) < 4.78 is 11.3. The predicted molar refractivity (Wildman–Crippen MR) is 121 cm³/mol. The number of nitrogens with one attached hydrogen (secondary N) is 3. The summed E-state index contributed by atoms with van der Waals surface area (Å²) in [6.45, 7) is 1.90. The fourth-order valence-electron chi connectivity index (χ4n) is 2.58. The molecule has 2 aromatic rings. The number of ether oxygens (including phenoxy) is 2. The lowest BCUT2D eigenvalue weighted by atomic mass is 10.2. The molecule has 0 unspecified atom stereocenters. The third-order valence-electron chi connectivity index (χ3n) is 3.98. The minimum atomic E-state index is -0.111. The van der Waals surface area contributed by atoms with E-state index in [9.17, 15) is 4.79 Å². The van der Waals surface area contributed by atoms with E-state index >= 15 is 0 Å². The first-order valence-corrected chi connectivity index (χ1v) is 8.92. The van der Waals surface area contributed by atoms with Gasteiger partial charge in [-0.1, -0.05) is 30.3 Å². The second-order valence-electron chi connectivity index (χ2n) is 6.03. The molecule has 1 aliphatic rings. The Hall–Kier alpha value is -2.49. The van der Waals surface area contributed by atoms with Crippen molar-refractivity contribution in [1.29, 1.82) is 0 Å². The van der Waals surface area contributed by atoms with Crippen LogP contribution in [0.4, 0.5) is 5.69 Å². The molecule has 0 radical (unpaired) electrons. The second-order valence-corrected chi connectivity index (χ2v) is 6.03. The van der Waals surface area contributed by atoms with E-state index in [1.165, 1.54) is 0 Å². The highest BCUT2D eigenvalue weighted by Crippen LogP contribution is 2.32. The van der Waals surface area contributed by atoms with Crippen molar-refractivity contribution >= 4 is 41.5 Å². The Balaban J connectivity index is 0.00000280. The monoisotopic (exact) mass is 496 g/mol. The molecular formula is C20H25IN4O3. The molecular weight excluding hydrogens is 471 g/mol. The van der Waals surface area contributed by atoms with Gasteiger partial charge in [0.15, 0.2) is 17.5 Å². The molecule has 0 fully saturated rings. The van der Waals surface area contributed by atoms with Gasteiger partial charge in [0.05, 0.1) is 19.8 Å². The van der Waals surface area contributed by atoms with Crippen molar-refractivity contribution in [1.82, 2.24) is 10.6 Å². The van der Waals surface area contributed by atoms with E-state index in [0.29, 0.717) is 31.5 Å². The first-order valence-electron chi connectivity index (χ1n) is 8.92. The molecule has 0 saturated carbocycles. The van der Waals surface area contributed by atoms with Crippen LogP contribution in [0.3, 0.4) is 0 Å². The smallest absolute Gasteiger partial charge is 0.239 e. The molecule has 2 aromatic carbocycles. The molecule has 7 nitrogen and oxygen atoms in total. The zero-order chi connectivity index (χ0) is 18.9. The minimum absolute atomic E-state index is 0. The molecule has 3 N–H and O–H groups in total. The van der Waals surface area contributed by atoms with Crippen LogP contribution in [-0.4, -0.2) is 38.7 Å². The molecule has 1 amide bonds. The molecule has 1 heterocycles. The van der Waals surface area contributed by atoms with Gasteiger partial charge in [0.2, 0.25) is 5.91 Å². The van der Waals surface area contributed by atoms with Crippen LogP contribution in [0.5, 0.6) is 11.5 Å². The van der Waals surface area contributed by atoms with Gasteiger partial charge in [-0.3, -0.25) is 9.79 Å². The molecule has 0 atom stereocenters. The van der Waals surface area contributed by atoms with E-state index in [1.807, 2.05) is 48.5 Å². The lowest BCUT2D eigenvalue weighted by molar-refractivity contribution is -0.120. The molecule has 0 bridgehead atoms. The molecule has 8 heteroatoms. The highest BCUT2D eigenvalue weighted by molar-refractivity contribution is 14.0. The number of carbonyl (C=O) groups is 1. The zero-order valence-electron chi connectivity index (χ0n) is 15.7. The number of carbonyl (C=O) groups excluding carboxylic acids is 1. The van der Waals surface area contributed by atoms with Gasteiger partial charge < -0.3 is 25.4 Å². The maximum Gasteiger partial charge on any atom is 0.239 e. The van der Waals surface area contributed by atoms with Gasteiger partial charge in [0.1, 0.15) is 0 Å². The third kappa shape index (κ3) is 6.59. The highest BCUT2D eigenvalue weighted by atomic mass is 127. The minimum Gasteiger partial charge on any atom is -0.490 e. The number of guanidine groups is 1. The lowest BCUT2D eigenvalue weighted by Crippen LogP contribution is -2.39. The van der Waals surface area contributed by atoms with Gasteiger partial charge in [0.25, 0.3) is 0 Å². The number of fused-ring (bicyclic) bond motifs is 1. The molecule has 0 saturated heterocycles. The number of hydrogen-bond donors (Lipinski definition) is 3. The average Bonchev–Trinajstić information content (AvgIpc) is 2.95. The quantitative estimate of drug-likeness (QED) is 0.337. The first kappa shape index (κ1) is 21.8. The van der Waals surface area contributed by atoms with Gasteiger partial charge >= 0.3 is 0 Å². The normalized spacial score (nSPS) is 13.0.